The van der Waals surface area contributed by atoms with Crippen molar-refractivity contribution in [2.45, 2.75) is 5.54 Å². The van der Waals surface area contributed by atoms with Crippen LogP contribution in [0.1, 0.15) is 11.4 Å². The first kappa shape index (κ1) is 9.95. The Bertz CT molecular complexity index is 398. The Morgan fingerprint density at radius 1 is 1.31 bits per heavy atom. The van der Waals surface area contributed by atoms with Crippen LogP contribution in [0.2, 0.25) is 0 Å². The van der Waals surface area contributed by atoms with Crippen molar-refractivity contribution in [2.75, 3.05) is 19.8 Å². The average molecular weight is 236 g/mol. The van der Waals surface area contributed by atoms with E-state index in [1.54, 1.807) is 6.26 Å². The first-order valence-corrected chi connectivity index (χ1v) is 5.84. The maximum absolute atomic E-state index is 5.52. The standard InChI is InChI=1S/C10H10N3O2S/c1-4-15-12-8(1)10(7-14-5-3-11-10)9-2-6-16-13-9/h1-2,4,6H,3,5,7H2. The van der Waals surface area contributed by atoms with Gasteiger partial charge in [-0.15, -0.1) is 0 Å². The van der Waals surface area contributed by atoms with Crippen molar-refractivity contribution in [3.63, 3.8) is 0 Å². The predicted molar refractivity (Wildman–Crippen MR) is 57.2 cm³/mol. The zero-order valence-corrected chi connectivity index (χ0v) is 9.31. The van der Waals surface area contributed by atoms with Crippen LogP contribution in [-0.4, -0.2) is 29.3 Å². The van der Waals surface area contributed by atoms with E-state index < -0.39 is 5.54 Å². The Labute approximate surface area is 96.6 Å². The van der Waals surface area contributed by atoms with Crippen LogP contribution in [0.15, 0.2) is 28.3 Å². The molecule has 1 unspecified atom stereocenters. The number of morpholine rings is 1. The molecule has 0 aromatic carbocycles. The van der Waals surface area contributed by atoms with E-state index in [9.17, 15) is 0 Å². The van der Waals surface area contributed by atoms with Gasteiger partial charge in [0.05, 0.1) is 18.9 Å². The third kappa shape index (κ3) is 1.46. The van der Waals surface area contributed by atoms with Gasteiger partial charge in [0.2, 0.25) is 0 Å². The highest BCUT2D eigenvalue weighted by molar-refractivity contribution is 7.03. The van der Waals surface area contributed by atoms with E-state index in [0.717, 1.165) is 11.4 Å². The van der Waals surface area contributed by atoms with Crippen LogP contribution >= 0.6 is 11.5 Å². The van der Waals surface area contributed by atoms with Crippen molar-refractivity contribution in [1.82, 2.24) is 14.8 Å². The molecule has 3 heterocycles. The second-order valence-corrected chi connectivity index (χ2v) is 4.23. The summed E-state index contributed by atoms with van der Waals surface area (Å²) in [6, 6.07) is 3.77. The molecule has 0 saturated carbocycles. The second-order valence-electron chi connectivity index (χ2n) is 3.56. The molecule has 0 amide bonds. The summed E-state index contributed by atoms with van der Waals surface area (Å²) in [6.45, 7) is 1.79. The lowest BCUT2D eigenvalue weighted by Gasteiger charge is -2.33. The molecule has 1 atom stereocenters. The minimum Gasteiger partial charge on any atom is -0.377 e. The molecule has 0 N–H and O–H groups in total. The molecule has 83 valence electrons. The van der Waals surface area contributed by atoms with Gasteiger partial charge in [-0.05, 0) is 17.6 Å². The molecule has 2 aromatic rings. The highest BCUT2D eigenvalue weighted by Gasteiger charge is 2.42. The lowest BCUT2D eigenvalue weighted by molar-refractivity contribution is 0.0361. The molecule has 2 aromatic heterocycles. The SMILES string of the molecule is c1cc(C2(c3ccsn3)COCC[N]2)no1. The Morgan fingerprint density at radius 2 is 2.31 bits per heavy atom. The molecule has 0 spiro atoms. The molecule has 1 saturated heterocycles. The van der Waals surface area contributed by atoms with Gasteiger partial charge in [-0.1, -0.05) is 5.16 Å². The maximum atomic E-state index is 5.52. The fourth-order valence-corrected chi connectivity index (χ4v) is 2.44. The summed E-state index contributed by atoms with van der Waals surface area (Å²) in [6.07, 6.45) is 1.55. The Hall–Kier alpha value is -1.24. The van der Waals surface area contributed by atoms with Crippen LogP contribution in [0.4, 0.5) is 0 Å². The highest BCUT2D eigenvalue weighted by atomic mass is 32.1. The number of hydrogen-bond donors (Lipinski definition) is 0. The lowest BCUT2D eigenvalue weighted by Crippen LogP contribution is -2.48. The third-order valence-corrected chi connectivity index (χ3v) is 3.21. The molecule has 1 aliphatic heterocycles. The van der Waals surface area contributed by atoms with Crippen LogP contribution in [0.3, 0.4) is 0 Å². The molecule has 1 radical (unpaired) electrons. The number of hydrogen-bond acceptors (Lipinski definition) is 5. The minimum atomic E-state index is -0.578. The fraction of sp³-hybridized carbons (Fsp3) is 0.400. The van der Waals surface area contributed by atoms with E-state index in [0.29, 0.717) is 19.8 Å². The average Bonchev–Trinajstić information content (AvgIpc) is 3.04. The Morgan fingerprint density at radius 3 is 2.94 bits per heavy atom. The third-order valence-electron chi connectivity index (χ3n) is 2.65. The van der Waals surface area contributed by atoms with E-state index >= 15 is 0 Å². The summed E-state index contributed by atoms with van der Waals surface area (Å²) < 4.78 is 14.8. The van der Waals surface area contributed by atoms with Crippen molar-refractivity contribution in [2.24, 2.45) is 0 Å². The number of rotatable bonds is 2. The summed E-state index contributed by atoms with van der Waals surface area (Å²) in [7, 11) is 0. The molecular formula is C10H10N3O2S. The van der Waals surface area contributed by atoms with Gasteiger partial charge in [0.15, 0.2) is 0 Å². The van der Waals surface area contributed by atoms with Crippen LogP contribution in [0.5, 0.6) is 0 Å². The Balaban J connectivity index is 2.07. The van der Waals surface area contributed by atoms with Gasteiger partial charge in [0.25, 0.3) is 0 Å². The van der Waals surface area contributed by atoms with Crippen molar-refractivity contribution >= 4 is 11.5 Å². The summed E-state index contributed by atoms with van der Waals surface area (Å²) in [5.74, 6) is 0. The molecule has 1 aliphatic rings. The first-order valence-electron chi connectivity index (χ1n) is 5.00. The van der Waals surface area contributed by atoms with Crippen LogP contribution < -0.4 is 5.32 Å². The summed E-state index contributed by atoms with van der Waals surface area (Å²) in [4.78, 5) is 0. The quantitative estimate of drug-likeness (QED) is 0.780. The second kappa shape index (κ2) is 3.97. The van der Waals surface area contributed by atoms with E-state index in [1.165, 1.54) is 11.5 Å². The summed E-state index contributed by atoms with van der Waals surface area (Å²) >= 11 is 1.41. The normalized spacial score (nSPS) is 25.8. The molecule has 16 heavy (non-hydrogen) atoms. The van der Waals surface area contributed by atoms with Crippen molar-refractivity contribution < 1.29 is 9.26 Å². The molecule has 0 bridgehead atoms. The van der Waals surface area contributed by atoms with Gasteiger partial charge in [0, 0.05) is 18.0 Å². The van der Waals surface area contributed by atoms with Crippen LogP contribution in [0.25, 0.3) is 0 Å². The summed E-state index contributed by atoms with van der Waals surface area (Å²) in [5.41, 5.74) is 1.06. The van der Waals surface area contributed by atoms with Gasteiger partial charge in [-0.2, -0.15) is 4.37 Å². The van der Waals surface area contributed by atoms with Crippen LogP contribution in [0, 0.1) is 0 Å². The molecule has 5 nitrogen and oxygen atoms in total. The van der Waals surface area contributed by atoms with Gasteiger partial charge in [-0.3, -0.25) is 0 Å². The van der Waals surface area contributed by atoms with Gasteiger partial charge < -0.3 is 9.26 Å². The zero-order valence-electron chi connectivity index (χ0n) is 8.50. The lowest BCUT2D eigenvalue weighted by atomic mass is 9.91. The highest BCUT2D eigenvalue weighted by Crippen LogP contribution is 2.31. The predicted octanol–water partition coefficient (Wildman–Crippen LogP) is 1.01. The number of ether oxygens (including phenoxy) is 1. The maximum Gasteiger partial charge on any atom is 0.147 e. The van der Waals surface area contributed by atoms with Gasteiger partial charge >= 0.3 is 0 Å². The molecule has 0 aliphatic carbocycles. The van der Waals surface area contributed by atoms with E-state index in [2.05, 4.69) is 14.8 Å². The largest absolute Gasteiger partial charge is 0.377 e. The first-order chi connectivity index (χ1) is 7.92. The number of nitrogens with zero attached hydrogens (tertiary/aromatic N) is 3. The zero-order chi connectivity index (χ0) is 10.8. The smallest absolute Gasteiger partial charge is 0.147 e. The van der Waals surface area contributed by atoms with E-state index in [-0.39, 0.29) is 0 Å². The minimum absolute atomic E-state index is 0.475. The van der Waals surface area contributed by atoms with Crippen molar-refractivity contribution in [3.8, 4) is 0 Å². The Kier molecular flexibility index (Phi) is 2.47. The van der Waals surface area contributed by atoms with Crippen LogP contribution in [-0.2, 0) is 10.3 Å². The van der Waals surface area contributed by atoms with E-state index in [4.69, 9.17) is 9.26 Å². The fourth-order valence-electron chi connectivity index (χ4n) is 1.86. The number of aromatic nitrogens is 2. The molecule has 1 fully saturated rings. The van der Waals surface area contributed by atoms with E-state index in [1.807, 2.05) is 17.5 Å². The monoisotopic (exact) mass is 236 g/mol. The topological polar surface area (TPSA) is 62.2 Å². The summed E-state index contributed by atoms with van der Waals surface area (Å²) in [5, 5.41) is 10.6. The molecular weight excluding hydrogens is 226 g/mol. The van der Waals surface area contributed by atoms with Gasteiger partial charge in [0.1, 0.15) is 17.5 Å². The molecule has 3 rings (SSSR count). The van der Waals surface area contributed by atoms with Crippen molar-refractivity contribution in [1.29, 1.82) is 0 Å². The van der Waals surface area contributed by atoms with Gasteiger partial charge in [-0.25, -0.2) is 5.32 Å². The van der Waals surface area contributed by atoms with Crippen molar-refractivity contribution in [3.05, 3.63) is 35.2 Å². The molecule has 6 heteroatoms.